The van der Waals surface area contributed by atoms with Crippen LogP contribution in [-0.2, 0) is 16.1 Å². The lowest BCUT2D eigenvalue weighted by Crippen LogP contribution is -2.51. The minimum atomic E-state index is -0.574. The van der Waals surface area contributed by atoms with Gasteiger partial charge in [0.2, 0.25) is 11.8 Å². The zero-order valence-electron chi connectivity index (χ0n) is 14.7. The first-order valence-electron chi connectivity index (χ1n) is 8.57. The number of hydrogen-bond acceptors (Lipinski definition) is 4. The molecule has 0 radical (unpaired) electrons. The first kappa shape index (κ1) is 19.9. The van der Waals surface area contributed by atoms with E-state index < -0.39 is 6.04 Å². The largest absolute Gasteiger partial charge is 0.329 e. The van der Waals surface area contributed by atoms with E-state index in [0.717, 1.165) is 29.9 Å². The number of amides is 2. The van der Waals surface area contributed by atoms with Gasteiger partial charge in [-0.2, -0.15) is 0 Å². The molecule has 6 nitrogen and oxygen atoms in total. The molecule has 0 spiro atoms. The number of hydrogen-bond donors (Lipinski definition) is 1. The van der Waals surface area contributed by atoms with E-state index in [-0.39, 0.29) is 23.2 Å². The van der Waals surface area contributed by atoms with Gasteiger partial charge >= 0.3 is 4.87 Å². The van der Waals surface area contributed by atoms with E-state index in [2.05, 4.69) is 5.32 Å². The Morgan fingerprint density at radius 2 is 2.04 bits per heavy atom. The molecule has 27 heavy (non-hydrogen) atoms. The fraction of sp³-hybridized carbons (Fsp3) is 0.389. The molecular formula is C18H19Cl2N3O3S. The number of aryl methyl sites for hydroxylation is 1. The Labute approximate surface area is 170 Å². The Morgan fingerprint density at radius 1 is 1.26 bits per heavy atom. The Balaban J connectivity index is 1.74. The van der Waals surface area contributed by atoms with E-state index >= 15 is 0 Å². The first-order chi connectivity index (χ1) is 12.9. The molecule has 1 atom stereocenters. The number of nitrogens with one attached hydrogen (secondary N) is 1. The third-order valence-corrected chi connectivity index (χ3v) is 6.20. The number of thiazole rings is 1. The fourth-order valence-corrected chi connectivity index (χ4v) is 4.16. The first-order valence-corrected chi connectivity index (χ1v) is 10.2. The Bertz CT molecular complexity index is 925. The second-order valence-corrected chi connectivity index (χ2v) is 8.08. The van der Waals surface area contributed by atoms with Crippen LogP contribution in [0.4, 0.5) is 5.69 Å². The lowest BCUT2D eigenvalue weighted by atomic mass is 10.0. The highest BCUT2D eigenvalue weighted by Crippen LogP contribution is 2.26. The number of carbonyl (C=O) groups is 2. The highest BCUT2D eigenvalue weighted by atomic mass is 35.5. The Kier molecular flexibility index (Phi) is 6.24. The molecule has 0 bridgehead atoms. The second-order valence-electron chi connectivity index (χ2n) is 6.45. The summed E-state index contributed by atoms with van der Waals surface area (Å²) in [5.41, 5.74) is 1.27. The van der Waals surface area contributed by atoms with Crippen molar-refractivity contribution in [3.05, 3.63) is 49.0 Å². The monoisotopic (exact) mass is 427 g/mol. The van der Waals surface area contributed by atoms with E-state index in [0.29, 0.717) is 28.7 Å². The highest BCUT2D eigenvalue weighted by molar-refractivity contribution is 7.07. The smallest absolute Gasteiger partial charge is 0.307 e. The van der Waals surface area contributed by atoms with Gasteiger partial charge in [0.15, 0.2) is 0 Å². The molecule has 1 aliphatic heterocycles. The van der Waals surface area contributed by atoms with Crippen LogP contribution >= 0.6 is 34.5 Å². The minimum Gasteiger partial charge on any atom is -0.329 e. The van der Waals surface area contributed by atoms with Gasteiger partial charge in [-0.3, -0.25) is 19.0 Å². The maximum atomic E-state index is 12.8. The van der Waals surface area contributed by atoms with Gasteiger partial charge in [0.25, 0.3) is 0 Å². The van der Waals surface area contributed by atoms with Crippen LogP contribution in [0, 0.1) is 6.92 Å². The molecular weight excluding hydrogens is 409 g/mol. The summed E-state index contributed by atoms with van der Waals surface area (Å²) >= 11 is 13.0. The number of piperidine rings is 1. The molecule has 9 heteroatoms. The molecule has 1 N–H and O–H groups in total. The highest BCUT2D eigenvalue weighted by Gasteiger charge is 2.32. The van der Waals surface area contributed by atoms with Crippen molar-refractivity contribution in [2.45, 2.75) is 38.8 Å². The van der Waals surface area contributed by atoms with E-state index in [9.17, 15) is 14.4 Å². The minimum absolute atomic E-state index is 0.0509. The van der Waals surface area contributed by atoms with Crippen LogP contribution in [-0.4, -0.2) is 33.9 Å². The quantitative estimate of drug-likeness (QED) is 0.810. The summed E-state index contributed by atoms with van der Waals surface area (Å²) < 4.78 is 1.44. The van der Waals surface area contributed by atoms with Crippen molar-refractivity contribution >= 4 is 52.0 Å². The number of rotatable bonds is 4. The molecule has 1 aromatic heterocycles. The van der Waals surface area contributed by atoms with Crippen molar-refractivity contribution in [3.8, 4) is 0 Å². The number of likely N-dealkylation sites (tertiary alicyclic amines) is 1. The standard InChI is InChI=1S/C18H19Cl2N3O3S/c1-11-10-27-18(26)23(11)9-16(24)22-7-3-2-4-15(22)17(25)21-12-5-6-13(19)14(20)8-12/h5-6,8,10,15H,2-4,7,9H2,1H3,(H,21,25). The van der Waals surface area contributed by atoms with Gasteiger partial charge in [-0.1, -0.05) is 34.5 Å². The van der Waals surface area contributed by atoms with Crippen LogP contribution in [0.2, 0.25) is 10.0 Å². The van der Waals surface area contributed by atoms with Gasteiger partial charge in [0, 0.05) is 23.3 Å². The number of carbonyl (C=O) groups excluding carboxylic acids is 2. The molecule has 0 saturated carbocycles. The number of nitrogens with zero attached hydrogens (tertiary/aromatic N) is 2. The third kappa shape index (κ3) is 4.54. The number of aromatic nitrogens is 1. The van der Waals surface area contributed by atoms with Gasteiger partial charge in [0.1, 0.15) is 12.6 Å². The summed E-state index contributed by atoms with van der Waals surface area (Å²) in [6.45, 7) is 2.23. The van der Waals surface area contributed by atoms with Gasteiger partial charge in [0.05, 0.1) is 10.0 Å². The predicted molar refractivity (Wildman–Crippen MR) is 108 cm³/mol. The number of benzene rings is 1. The summed E-state index contributed by atoms with van der Waals surface area (Å²) in [4.78, 5) is 38.8. The van der Waals surface area contributed by atoms with Crippen LogP contribution in [0.1, 0.15) is 25.0 Å². The zero-order chi connectivity index (χ0) is 19.6. The van der Waals surface area contributed by atoms with Crippen molar-refractivity contribution < 1.29 is 9.59 Å². The van der Waals surface area contributed by atoms with Gasteiger partial charge in [-0.05, 0) is 44.4 Å². The summed E-state index contributed by atoms with van der Waals surface area (Å²) in [5, 5.41) is 5.28. The molecule has 1 saturated heterocycles. The zero-order valence-corrected chi connectivity index (χ0v) is 17.0. The second kappa shape index (κ2) is 8.46. The summed E-state index contributed by atoms with van der Waals surface area (Å²) in [6.07, 6.45) is 2.27. The molecule has 3 rings (SSSR count). The van der Waals surface area contributed by atoms with Crippen molar-refractivity contribution in [2.24, 2.45) is 0 Å². The summed E-state index contributed by atoms with van der Waals surface area (Å²) in [7, 11) is 0. The Morgan fingerprint density at radius 3 is 2.70 bits per heavy atom. The van der Waals surface area contributed by atoms with E-state index in [1.807, 2.05) is 0 Å². The lowest BCUT2D eigenvalue weighted by molar-refractivity contribution is -0.140. The normalized spacial score (nSPS) is 17.0. The lowest BCUT2D eigenvalue weighted by Gasteiger charge is -2.34. The maximum Gasteiger partial charge on any atom is 0.307 e. The molecule has 2 heterocycles. The van der Waals surface area contributed by atoms with Crippen LogP contribution in [0.3, 0.4) is 0 Å². The third-order valence-electron chi connectivity index (χ3n) is 4.58. The SMILES string of the molecule is Cc1csc(=O)n1CC(=O)N1CCCCC1C(=O)Nc1ccc(Cl)c(Cl)c1. The van der Waals surface area contributed by atoms with Crippen molar-refractivity contribution in [2.75, 3.05) is 11.9 Å². The molecule has 1 aliphatic rings. The van der Waals surface area contributed by atoms with E-state index in [4.69, 9.17) is 23.2 Å². The van der Waals surface area contributed by atoms with Crippen LogP contribution in [0.25, 0.3) is 0 Å². The predicted octanol–water partition coefficient (Wildman–Crippen LogP) is 3.54. The molecule has 144 valence electrons. The van der Waals surface area contributed by atoms with Crippen molar-refractivity contribution in [1.29, 1.82) is 0 Å². The average Bonchev–Trinajstić information content (AvgIpc) is 2.96. The summed E-state index contributed by atoms with van der Waals surface area (Å²) in [6, 6.07) is 4.27. The Hall–Kier alpha value is -1.83. The number of halogens is 2. The van der Waals surface area contributed by atoms with Gasteiger partial charge in [-0.25, -0.2) is 0 Å². The molecule has 0 aliphatic carbocycles. The van der Waals surface area contributed by atoms with Gasteiger partial charge in [-0.15, -0.1) is 0 Å². The molecule has 1 aromatic carbocycles. The number of anilines is 1. The van der Waals surface area contributed by atoms with E-state index in [1.165, 1.54) is 4.57 Å². The van der Waals surface area contributed by atoms with Crippen molar-refractivity contribution in [3.63, 3.8) is 0 Å². The van der Waals surface area contributed by atoms with Crippen LogP contribution < -0.4 is 10.2 Å². The fourth-order valence-electron chi connectivity index (χ4n) is 3.12. The van der Waals surface area contributed by atoms with Crippen LogP contribution in [0.15, 0.2) is 28.4 Å². The molecule has 2 amide bonds. The molecule has 2 aromatic rings. The average molecular weight is 428 g/mol. The topological polar surface area (TPSA) is 71.4 Å². The van der Waals surface area contributed by atoms with Gasteiger partial charge < -0.3 is 10.2 Å². The maximum absolute atomic E-state index is 12.8. The van der Waals surface area contributed by atoms with Crippen LogP contribution in [0.5, 0.6) is 0 Å². The summed E-state index contributed by atoms with van der Waals surface area (Å²) in [5.74, 6) is -0.497. The van der Waals surface area contributed by atoms with E-state index in [1.54, 1.807) is 35.4 Å². The van der Waals surface area contributed by atoms with Crippen molar-refractivity contribution in [1.82, 2.24) is 9.47 Å². The molecule has 1 unspecified atom stereocenters. The molecule has 1 fully saturated rings.